The van der Waals surface area contributed by atoms with E-state index in [9.17, 15) is 4.79 Å². The molecular weight excluding hydrogens is 242 g/mol. The van der Waals surface area contributed by atoms with E-state index in [4.69, 9.17) is 9.84 Å². The fourth-order valence-electron chi connectivity index (χ4n) is 3.48. The number of amides is 1. The molecular formula is C15H27NO3. The van der Waals surface area contributed by atoms with Crippen molar-refractivity contribution in [1.82, 2.24) is 4.90 Å². The first kappa shape index (κ1) is 14.6. The first-order valence-corrected chi connectivity index (χ1v) is 7.45. The van der Waals surface area contributed by atoms with Crippen molar-refractivity contribution in [3.05, 3.63) is 0 Å². The molecule has 110 valence electrons. The number of nitrogens with zero attached hydrogens (tertiary/aromatic N) is 1. The van der Waals surface area contributed by atoms with Gasteiger partial charge in [-0.3, -0.25) is 0 Å². The van der Waals surface area contributed by atoms with Gasteiger partial charge in [-0.15, -0.1) is 0 Å². The molecule has 2 fully saturated rings. The fourth-order valence-corrected chi connectivity index (χ4v) is 3.48. The van der Waals surface area contributed by atoms with Crippen LogP contribution in [0.4, 0.5) is 4.79 Å². The van der Waals surface area contributed by atoms with Gasteiger partial charge in [0, 0.05) is 19.7 Å². The number of hydrogen-bond acceptors (Lipinski definition) is 3. The van der Waals surface area contributed by atoms with Crippen LogP contribution in [-0.4, -0.2) is 41.4 Å². The predicted octanol–water partition coefficient (Wildman–Crippen LogP) is 2.80. The second-order valence-electron chi connectivity index (χ2n) is 7.08. The number of rotatable bonds is 2. The van der Waals surface area contributed by atoms with Crippen molar-refractivity contribution in [1.29, 1.82) is 0 Å². The van der Waals surface area contributed by atoms with Gasteiger partial charge in [-0.2, -0.15) is 0 Å². The molecule has 4 nitrogen and oxygen atoms in total. The van der Waals surface area contributed by atoms with Crippen molar-refractivity contribution in [3.63, 3.8) is 0 Å². The second kappa shape index (κ2) is 5.31. The van der Waals surface area contributed by atoms with E-state index >= 15 is 0 Å². The van der Waals surface area contributed by atoms with Gasteiger partial charge in [0.2, 0.25) is 0 Å². The molecule has 1 amide bonds. The lowest BCUT2D eigenvalue weighted by Gasteiger charge is -2.54. The van der Waals surface area contributed by atoms with E-state index in [-0.39, 0.29) is 6.09 Å². The van der Waals surface area contributed by atoms with Crippen LogP contribution in [0.5, 0.6) is 0 Å². The van der Waals surface area contributed by atoms with Crippen LogP contribution >= 0.6 is 0 Å². The summed E-state index contributed by atoms with van der Waals surface area (Å²) in [5, 5.41) is 9.10. The summed E-state index contributed by atoms with van der Waals surface area (Å²) in [6.07, 6.45) is 5.38. The highest BCUT2D eigenvalue weighted by Crippen LogP contribution is 2.54. The van der Waals surface area contributed by atoms with E-state index in [1.807, 2.05) is 25.7 Å². The third-order valence-electron chi connectivity index (χ3n) is 4.75. The molecule has 1 heterocycles. The standard InChI is InChI=1S/C15H27NO3/c1-14(2,3)19-13(18)16-9-7-15(8-10-16)6-4-12(15)5-11-17/h12,17H,4-11H2,1-3H3. The Morgan fingerprint density at radius 2 is 1.95 bits per heavy atom. The Morgan fingerprint density at radius 3 is 2.37 bits per heavy atom. The summed E-state index contributed by atoms with van der Waals surface area (Å²) in [4.78, 5) is 13.8. The Hall–Kier alpha value is -0.770. The highest BCUT2D eigenvalue weighted by atomic mass is 16.6. The minimum atomic E-state index is -0.415. The molecule has 1 spiro atoms. The summed E-state index contributed by atoms with van der Waals surface area (Å²) in [7, 11) is 0. The molecule has 1 N–H and O–H groups in total. The predicted molar refractivity (Wildman–Crippen MR) is 73.9 cm³/mol. The number of carbonyl (C=O) groups excluding carboxylic acids is 1. The van der Waals surface area contributed by atoms with E-state index < -0.39 is 5.60 Å². The first-order chi connectivity index (χ1) is 8.86. The number of ether oxygens (including phenoxy) is 1. The normalized spacial score (nSPS) is 26.1. The summed E-state index contributed by atoms with van der Waals surface area (Å²) in [5.41, 5.74) is -0.0106. The van der Waals surface area contributed by atoms with Gasteiger partial charge < -0.3 is 14.7 Å². The lowest BCUT2D eigenvalue weighted by atomic mass is 9.55. The highest BCUT2D eigenvalue weighted by molar-refractivity contribution is 5.68. The summed E-state index contributed by atoms with van der Waals surface area (Å²) < 4.78 is 5.42. The molecule has 0 bridgehead atoms. The number of piperidine rings is 1. The molecule has 19 heavy (non-hydrogen) atoms. The number of hydrogen-bond donors (Lipinski definition) is 1. The molecule has 0 aromatic carbocycles. The van der Waals surface area contributed by atoms with Gasteiger partial charge in [-0.05, 0) is 64.2 Å². The third kappa shape index (κ3) is 3.22. The molecule has 0 radical (unpaired) electrons. The van der Waals surface area contributed by atoms with Gasteiger partial charge in [0.05, 0.1) is 0 Å². The molecule has 1 atom stereocenters. The van der Waals surface area contributed by atoms with Gasteiger partial charge in [0.1, 0.15) is 5.60 Å². The van der Waals surface area contributed by atoms with Gasteiger partial charge in [-0.25, -0.2) is 4.79 Å². The van der Waals surface area contributed by atoms with Crippen molar-refractivity contribution in [2.24, 2.45) is 11.3 Å². The van der Waals surface area contributed by atoms with E-state index in [0.29, 0.717) is 17.9 Å². The number of likely N-dealkylation sites (tertiary alicyclic amines) is 1. The van der Waals surface area contributed by atoms with Crippen LogP contribution < -0.4 is 0 Å². The van der Waals surface area contributed by atoms with Crippen LogP contribution in [-0.2, 0) is 4.74 Å². The van der Waals surface area contributed by atoms with E-state index in [0.717, 1.165) is 32.4 Å². The molecule has 1 saturated heterocycles. The zero-order valence-electron chi connectivity index (χ0n) is 12.4. The Labute approximate surface area is 116 Å². The van der Waals surface area contributed by atoms with Crippen LogP contribution in [0.3, 0.4) is 0 Å². The summed E-state index contributed by atoms with van der Waals surface area (Å²) in [6, 6.07) is 0. The monoisotopic (exact) mass is 269 g/mol. The zero-order chi connectivity index (χ0) is 14.1. The molecule has 0 aromatic heterocycles. The minimum Gasteiger partial charge on any atom is -0.444 e. The third-order valence-corrected chi connectivity index (χ3v) is 4.75. The number of aliphatic hydroxyl groups is 1. The van der Waals surface area contributed by atoms with Gasteiger partial charge >= 0.3 is 6.09 Å². The van der Waals surface area contributed by atoms with Crippen LogP contribution in [0.1, 0.15) is 52.9 Å². The largest absolute Gasteiger partial charge is 0.444 e. The average Bonchev–Trinajstić information content (AvgIpc) is 2.33. The first-order valence-electron chi connectivity index (χ1n) is 7.45. The minimum absolute atomic E-state index is 0.180. The number of aliphatic hydroxyl groups excluding tert-OH is 1. The summed E-state index contributed by atoms with van der Waals surface area (Å²) >= 11 is 0. The van der Waals surface area contributed by atoms with Crippen LogP contribution in [0.2, 0.25) is 0 Å². The Balaban J connectivity index is 1.84. The quantitative estimate of drug-likeness (QED) is 0.838. The van der Waals surface area contributed by atoms with Crippen molar-refractivity contribution < 1.29 is 14.6 Å². The van der Waals surface area contributed by atoms with Gasteiger partial charge in [0.15, 0.2) is 0 Å². The molecule has 2 rings (SSSR count). The Morgan fingerprint density at radius 1 is 1.32 bits per heavy atom. The SMILES string of the molecule is CC(C)(C)OC(=O)N1CCC2(CCC2CCO)CC1. The zero-order valence-corrected chi connectivity index (χ0v) is 12.4. The molecule has 1 saturated carbocycles. The van der Waals surface area contributed by atoms with Crippen molar-refractivity contribution >= 4 is 6.09 Å². The lowest BCUT2D eigenvalue weighted by molar-refractivity contribution is -0.0500. The average molecular weight is 269 g/mol. The highest BCUT2D eigenvalue weighted by Gasteiger charge is 2.48. The molecule has 1 aliphatic heterocycles. The topological polar surface area (TPSA) is 49.8 Å². The molecule has 0 aromatic rings. The van der Waals surface area contributed by atoms with E-state index in [1.165, 1.54) is 12.8 Å². The van der Waals surface area contributed by atoms with Crippen molar-refractivity contribution in [2.75, 3.05) is 19.7 Å². The number of carbonyl (C=O) groups is 1. The maximum Gasteiger partial charge on any atom is 0.410 e. The fraction of sp³-hybridized carbons (Fsp3) is 0.933. The van der Waals surface area contributed by atoms with Gasteiger partial charge in [0.25, 0.3) is 0 Å². The Bertz CT molecular complexity index is 327. The smallest absolute Gasteiger partial charge is 0.410 e. The van der Waals surface area contributed by atoms with E-state index in [1.54, 1.807) is 0 Å². The van der Waals surface area contributed by atoms with Crippen LogP contribution in [0.15, 0.2) is 0 Å². The molecule has 1 aliphatic carbocycles. The van der Waals surface area contributed by atoms with E-state index in [2.05, 4.69) is 0 Å². The molecule has 4 heteroatoms. The Kier molecular flexibility index (Phi) is 4.09. The van der Waals surface area contributed by atoms with Crippen molar-refractivity contribution in [3.8, 4) is 0 Å². The second-order valence-corrected chi connectivity index (χ2v) is 7.08. The van der Waals surface area contributed by atoms with Gasteiger partial charge in [-0.1, -0.05) is 0 Å². The summed E-state index contributed by atoms with van der Waals surface area (Å²) in [6.45, 7) is 7.61. The maximum absolute atomic E-state index is 12.0. The molecule has 2 aliphatic rings. The van der Waals surface area contributed by atoms with Crippen LogP contribution in [0, 0.1) is 11.3 Å². The summed E-state index contributed by atoms with van der Waals surface area (Å²) in [5.74, 6) is 0.665. The van der Waals surface area contributed by atoms with Crippen molar-refractivity contribution in [2.45, 2.75) is 58.5 Å². The molecule has 1 unspecified atom stereocenters. The maximum atomic E-state index is 12.0. The lowest BCUT2D eigenvalue weighted by Crippen LogP contribution is -2.51. The van der Waals surface area contributed by atoms with Crippen LogP contribution in [0.25, 0.3) is 0 Å².